The topological polar surface area (TPSA) is 102 Å². The van der Waals surface area contributed by atoms with Crippen molar-refractivity contribution in [2.45, 2.75) is 70.6 Å². The molecule has 0 bridgehead atoms. The van der Waals surface area contributed by atoms with Crippen LogP contribution in [-0.2, 0) is 9.59 Å². The first-order valence-corrected chi connectivity index (χ1v) is 10.1. The van der Waals surface area contributed by atoms with E-state index in [0.717, 1.165) is 45.1 Å². The van der Waals surface area contributed by atoms with Crippen molar-refractivity contribution in [3.05, 3.63) is 24.3 Å². The quantitative estimate of drug-likeness (QED) is 0.296. The van der Waals surface area contributed by atoms with Gasteiger partial charge in [0.25, 0.3) is 0 Å². The molecule has 0 fully saturated rings. The van der Waals surface area contributed by atoms with Gasteiger partial charge in [0, 0.05) is 19.4 Å². The number of hydrogen-bond donors (Lipinski definition) is 3. The van der Waals surface area contributed by atoms with Crippen molar-refractivity contribution in [2.75, 3.05) is 18.9 Å². The second kappa shape index (κ2) is 14.9. The highest BCUT2D eigenvalue weighted by Crippen LogP contribution is 2.19. The van der Waals surface area contributed by atoms with Gasteiger partial charge in [-0.15, -0.1) is 0 Å². The van der Waals surface area contributed by atoms with Crippen molar-refractivity contribution in [3.8, 4) is 5.75 Å². The molecule has 6 nitrogen and oxygen atoms in total. The number of anilines is 1. The molecule has 0 radical (unpaired) electrons. The van der Waals surface area contributed by atoms with E-state index in [1.165, 1.54) is 12.8 Å². The number of nitrogen functional groups attached to an aromatic ring is 1. The second-order valence-corrected chi connectivity index (χ2v) is 6.81. The lowest BCUT2D eigenvalue weighted by atomic mass is 10.1. The number of rotatable bonds is 16. The number of carboxylic acid groups (broad SMARTS) is 1. The average Bonchev–Trinajstić information content (AvgIpc) is 2.64. The molecule has 0 aromatic heterocycles. The minimum Gasteiger partial charge on any atom is -0.491 e. The van der Waals surface area contributed by atoms with Crippen LogP contribution < -0.4 is 15.8 Å². The Hall–Kier alpha value is -2.24. The van der Waals surface area contributed by atoms with Crippen molar-refractivity contribution >= 4 is 17.6 Å². The number of amides is 1. The molecule has 0 atom stereocenters. The van der Waals surface area contributed by atoms with E-state index in [1.807, 2.05) is 18.2 Å². The Kier molecular flexibility index (Phi) is 12.6. The number of carbonyl (C=O) groups is 2. The third-order valence-electron chi connectivity index (χ3n) is 4.36. The second-order valence-electron chi connectivity index (χ2n) is 6.81. The molecular weight excluding hydrogens is 344 g/mol. The molecule has 6 heteroatoms. The summed E-state index contributed by atoms with van der Waals surface area (Å²) in [7, 11) is 0. The number of aliphatic carboxylic acids is 1. The fourth-order valence-corrected chi connectivity index (χ4v) is 2.80. The molecule has 27 heavy (non-hydrogen) atoms. The molecule has 0 aliphatic heterocycles. The van der Waals surface area contributed by atoms with Crippen LogP contribution in [0.4, 0.5) is 5.69 Å². The van der Waals surface area contributed by atoms with E-state index >= 15 is 0 Å². The summed E-state index contributed by atoms with van der Waals surface area (Å²) in [5.74, 6) is 0.0309. The molecule has 0 saturated carbocycles. The van der Waals surface area contributed by atoms with E-state index in [9.17, 15) is 9.59 Å². The van der Waals surface area contributed by atoms with Gasteiger partial charge in [0.15, 0.2) is 0 Å². The van der Waals surface area contributed by atoms with Gasteiger partial charge < -0.3 is 20.9 Å². The molecule has 4 N–H and O–H groups in total. The van der Waals surface area contributed by atoms with Crippen LogP contribution in [0, 0.1) is 0 Å². The normalized spacial score (nSPS) is 10.5. The van der Waals surface area contributed by atoms with Gasteiger partial charge in [-0.3, -0.25) is 9.59 Å². The smallest absolute Gasteiger partial charge is 0.303 e. The van der Waals surface area contributed by atoms with E-state index in [1.54, 1.807) is 6.07 Å². The number of hydrogen-bond acceptors (Lipinski definition) is 4. The number of carboxylic acids is 1. The van der Waals surface area contributed by atoms with Crippen LogP contribution >= 0.6 is 0 Å². The maximum Gasteiger partial charge on any atom is 0.303 e. The van der Waals surface area contributed by atoms with Crippen LogP contribution in [0.2, 0.25) is 0 Å². The van der Waals surface area contributed by atoms with Gasteiger partial charge in [-0.05, 0) is 31.4 Å². The van der Waals surface area contributed by atoms with Crippen molar-refractivity contribution in [3.63, 3.8) is 0 Å². The van der Waals surface area contributed by atoms with Crippen LogP contribution in [0.1, 0.15) is 70.6 Å². The molecule has 0 spiro atoms. The first kappa shape index (κ1) is 22.8. The fraction of sp³-hybridized carbons (Fsp3) is 0.619. The van der Waals surface area contributed by atoms with Crippen LogP contribution in [0.15, 0.2) is 24.3 Å². The zero-order valence-electron chi connectivity index (χ0n) is 16.3. The van der Waals surface area contributed by atoms with Gasteiger partial charge in [-0.2, -0.15) is 0 Å². The summed E-state index contributed by atoms with van der Waals surface area (Å²) in [6.45, 7) is 1.21. The molecule has 1 aromatic carbocycles. The number of nitrogens with one attached hydrogen (secondary N) is 1. The average molecular weight is 379 g/mol. The molecule has 0 aliphatic rings. The third kappa shape index (κ3) is 12.7. The number of ether oxygens (including phenoxy) is 1. The van der Waals surface area contributed by atoms with Crippen molar-refractivity contribution < 1.29 is 19.4 Å². The summed E-state index contributed by atoms with van der Waals surface area (Å²) < 4.78 is 5.57. The highest BCUT2D eigenvalue weighted by Gasteiger charge is 2.02. The van der Waals surface area contributed by atoms with Gasteiger partial charge in [0.05, 0.1) is 12.3 Å². The minimum absolute atomic E-state index is 0.0677. The first-order valence-electron chi connectivity index (χ1n) is 10.1. The summed E-state index contributed by atoms with van der Waals surface area (Å²) in [5, 5.41) is 11.5. The number of para-hydroxylation sites is 2. The maximum atomic E-state index is 11.8. The van der Waals surface area contributed by atoms with Gasteiger partial charge in [-0.25, -0.2) is 0 Å². The first-order chi connectivity index (χ1) is 13.1. The van der Waals surface area contributed by atoms with E-state index < -0.39 is 5.97 Å². The summed E-state index contributed by atoms with van der Waals surface area (Å²) >= 11 is 0. The lowest BCUT2D eigenvalue weighted by molar-refractivity contribution is -0.137. The molecule has 0 aliphatic carbocycles. The SMILES string of the molecule is Nc1ccccc1OCCCC(=O)NCCCCCCCCCCC(=O)O. The lowest BCUT2D eigenvalue weighted by Crippen LogP contribution is -2.24. The van der Waals surface area contributed by atoms with Crippen molar-refractivity contribution in [1.29, 1.82) is 0 Å². The minimum atomic E-state index is -0.703. The molecule has 1 amide bonds. The van der Waals surface area contributed by atoms with Gasteiger partial charge in [0.2, 0.25) is 5.91 Å². The molecule has 0 saturated heterocycles. The molecule has 0 unspecified atom stereocenters. The Labute approximate surface area is 162 Å². The Morgan fingerprint density at radius 1 is 0.889 bits per heavy atom. The van der Waals surface area contributed by atoms with Crippen LogP contribution in [0.25, 0.3) is 0 Å². The van der Waals surface area contributed by atoms with Crippen LogP contribution in [0.5, 0.6) is 5.75 Å². The van der Waals surface area contributed by atoms with E-state index in [2.05, 4.69) is 5.32 Å². The highest BCUT2D eigenvalue weighted by atomic mass is 16.5. The standard InChI is InChI=1S/C21H34N2O4/c22-18-12-8-9-13-19(18)27-17-11-14-20(24)23-16-10-6-4-2-1-3-5-7-15-21(25)26/h8-9,12-13H,1-7,10-11,14-17,22H2,(H,23,24)(H,25,26). The fourth-order valence-electron chi connectivity index (χ4n) is 2.80. The third-order valence-corrected chi connectivity index (χ3v) is 4.36. The summed E-state index contributed by atoms with van der Waals surface area (Å²) in [6.07, 6.45) is 9.94. The zero-order chi connectivity index (χ0) is 19.7. The Morgan fingerprint density at radius 3 is 2.19 bits per heavy atom. The zero-order valence-corrected chi connectivity index (χ0v) is 16.3. The maximum absolute atomic E-state index is 11.8. The van der Waals surface area contributed by atoms with Crippen molar-refractivity contribution in [1.82, 2.24) is 5.32 Å². The summed E-state index contributed by atoms with van der Waals surface area (Å²) in [5.41, 5.74) is 6.41. The molecule has 0 heterocycles. The number of carbonyl (C=O) groups excluding carboxylic acids is 1. The van der Waals surface area contributed by atoms with Gasteiger partial charge in [0.1, 0.15) is 5.75 Å². The number of unbranched alkanes of at least 4 members (excludes halogenated alkanes) is 7. The Balaban J connectivity index is 1.86. The summed E-state index contributed by atoms with van der Waals surface area (Å²) in [6, 6.07) is 7.35. The Bertz CT molecular complexity index is 549. The molecule has 152 valence electrons. The Morgan fingerprint density at radius 2 is 1.52 bits per heavy atom. The largest absolute Gasteiger partial charge is 0.491 e. The van der Waals surface area contributed by atoms with Crippen LogP contribution in [0.3, 0.4) is 0 Å². The van der Waals surface area contributed by atoms with Gasteiger partial charge >= 0.3 is 5.97 Å². The molecule has 1 rings (SSSR count). The molecule has 1 aromatic rings. The van der Waals surface area contributed by atoms with E-state index in [-0.39, 0.29) is 12.3 Å². The lowest BCUT2D eigenvalue weighted by Gasteiger charge is -2.08. The van der Waals surface area contributed by atoms with Crippen LogP contribution in [-0.4, -0.2) is 30.1 Å². The molecular formula is C21H34N2O4. The predicted octanol–water partition coefficient (Wildman–Crippen LogP) is 4.14. The van der Waals surface area contributed by atoms with Gasteiger partial charge in [-0.1, -0.05) is 50.7 Å². The highest BCUT2D eigenvalue weighted by molar-refractivity contribution is 5.75. The van der Waals surface area contributed by atoms with E-state index in [4.69, 9.17) is 15.6 Å². The van der Waals surface area contributed by atoms with Crippen molar-refractivity contribution in [2.24, 2.45) is 0 Å². The predicted molar refractivity (Wildman–Crippen MR) is 108 cm³/mol. The summed E-state index contributed by atoms with van der Waals surface area (Å²) in [4.78, 5) is 22.2. The van der Waals surface area contributed by atoms with E-state index in [0.29, 0.717) is 30.9 Å². The number of benzene rings is 1. The number of nitrogens with two attached hydrogens (primary N) is 1. The monoisotopic (exact) mass is 378 g/mol.